The first-order valence-electron chi connectivity index (χ1n) is 6.91. The normalized spacial score (nSPS) is 10.7. The molecule has 0 bridgehead atoms. The Bertz CT molecular complexity index is 819. The number of aromatic nitrogens is 1. The molecule has 2 N–H and O–H groups in total. The van der Waals surface area contributed by atoms with Gasteiger partial charge in [-0.2, -0.15) is 0 Å². The van der Waals surface area contributed by atoms with E-state index in [0.717, 1.165) is 6.07 Å². The molecular weight excluding hydrogens is 286 g/mol. The molecule has 0 saturated carbocycles. The van der Waals surface area contributed by atoms with Crippen LogP contribution in [0.5, 0.6) is 5.75 Å². The first kappa shape index (κ1) is 15.8. The number of carbonyl (C=O) groups excluding carboxylic acids is 2. The lowest BCUT2D eigenvalue weighted by atomic mass is 9.97. The number of pyridine rings is 1. The minimum absolute atomic E-state index is 0.00679. The molecule has 0 aliphatic rings. The van der Waals surface area contributed by atoms with Crippen LogP contribution in [0.15, 0.2) is 16.9 Å². The van der Waals surface area contributed by atoms with Crippen molar-refractivity contribution in [3.63, 3.8) is 0 Å². The van der Waals surface area contributed by atoms with Gasteiger partial charge < -0.3 is 14.8 Å². The predicted molar refractivity (Wildman–Crippen MR) is 81.6 cm³/mol. The monoisotopic (exact) mass is 303 g/mol. The van der Waals surface area contributed by atoms with Crippen molar-refractivity contribution in [1.82, 2.24) is 4.98 Å². The van der Waals surface area contributed by atoms with Gasteiger partial charge in [-0.1, -0.05) is 13.3 Å². The van der Waals surface area contributed by atoms with Gasteiger partial charge in [-0.05, 0) is 19.4 Å². The van der Waals surface area contributed by atoms with E-state index in [-0.39, 0.29) is 28.2 Å². The van der Waals surface area contributed by atoms with Crippen LogP contribution in [0.3, 0.4) is 0 Å². The van der Waals surface area contributed by atoms with Crippen LogP contribution in [0.2, 0.25) is 0 Å². The topological polar surface area (TPSA) is 96.5 Å². The number of phenols is 1. The van der Waals surface area contributed by atoms with Crippen molar-refractivity contribution in [3.8, 4) is 5.75 Å². The Hall–Kier alpha value is -2.63. The van der Waals surface area contributed by atoms with Crippen LogP contribution in [0, 0.1) is 0 Å². The molecule has 0 unspecified atom stereocenters. The average molecular weight is 303 g/mol. The largest absolute Gasteiger partial charge is 0.507 e. The number of Topliss-reactive ketones (excluding diaryl/α,β-unsaturated/α-hetero) is 1. The Morgan fingerprint density at radius 1 is 1.32 bits per heavy atom. The molecule has 0 amide bonds. The summed E-state index contributed by atoms with van der Waals surface area (Å²) in [5.41, 5.74) is 0.513. The lowest BCUT2D eigenvalue weighted by Gasteiger charge is -2.12. The average Bonchev–Trinajstić information content (AvgIpc) is 2.48. The molecule has 0 saturated heterocycles. The Labute approximate surface area is 126 Å². The van der Waals surface area contributed by atoms with Crippen molar-refractivity contribution in [1.29, 1.82) is 0 Å². The number of ketones is 1. The maximum atomic E-state index is 12.2. The van der Waals surface area contributed by atoms with Crippen LogP contribution in [0.25, 0.3) is 10.9 Å². The number of aryl methyl sites for hydroxylation is 1. The van der Waals surface area contributed by atoms with E-state index in [1.165, 1.54) is 20.1 Å². The van der Waals surface area contributed by atoms with Crippen molar-refractivity contribution in [2.24, 2.45) is 0 Å². The van der Waals surface area contributed by atoms with Crippen LogP contribution in [0.4, 0.5) is 0 Å². The van der Waals surface area contributed by atoms with Gasteiger partial charge in [-0.25, -0.2) is 4.79 Å². The summed E-state index contributed by atoms with van der Waals surface area (Å²) in [6, 6.07) is 2.48. The number of fused-ring (bicyclic) bond motifs is 1. The van der Waals surface area contributed by atoms with E-state index in [0.29, 0.717) is 23.9 Å². The third-order valence-corrected chi connectivity index (χ3v) is 3.49. The van der Waals surface area contributed by atoms with E-state index in [2.05, 4.69) is 9.72 Å². The van der Waals surface area contributed by atoms with Gasteiger partial charge in [-0.15, -0.1) is 0 Å². The number of esters is 1. The number of ether oxygens (including phenoxy) is 1. The van der Waals surface area contributed by atoms with E-state index in [4.69, 9.17) is 0 Å². The van der Waals surface area contributed by atoms with E-state index in [1.807, 2.05) is 6.92 Å². The summed E-state index contributed by atoms with van der Waals surface area (Å²) in [4.78, 5) is 38.4. The summed E-state index contributed by atoms with van der Waals surface area (Å²) in [6.07, 6.45) is 1.17. The van der Waals surface area contributed by atoms with Gasteiger partial charge in [0.25, 0.3) is 0 Å². The van der Waals surface area contributed by atoms with Crippen LogP contribution in [-0.4, -0.2) is 29.0 Å². The molecular formula is C16H17NO5. The number of aromatic hydroxyl groups is 1. The van der Waals surface area contributed by atoms with Crippen LogP contribution < -0.4 is 5.43 Å². The van der Waals surface area contributed by atoms with Gasteiger partial charge in [0.2, 0.25) is 0 Å². The van der Waals surface area contributed by atoms with Gasteiger partial charge in [0.1, 0.15) is 11.4 Å². The standard InChI is InChI=1S/C16H17NO5/c1-4-5-9-14-11(6-10(8(2)18)15(9)20)13(19)7-12(17-14)16(21)22-3/h6-7,20H,4-5H2,1-3H3,(H,17,19). The van der Waals surface area contributed by atoms with Gasteiger partial charge in [0.15, 0.2) is 11.2 Å². The first-order chi connectivity index (χ1) is 10.4. The Morgan fingerprint density at radius 3 is 2.55 bits per heavy atom. The summed E-state index contributed by atoms with van der Waals surface area (Å²) in [5.74, 6) is -1.15. The Balaban J connectivity index is 2.91. The van der Waals surface area contributed by atoms with E-state index < -0.39 is 11.4 Å². The molecule has 6 nitrogen and oxygen atoms in total. The zero-order valence-electron chi connectivity index (χ0n) is 12.6. The van der Waals surface area contributed by atoms with Gasteiger partial charge in [0, 0.05) is 17.0 Å². The van der Waals surface area contributed by atoms with Crippen molar-refractivity contribution in [2.75, 3.05) is 7.11 Å². The third-order valence-electron chi connectivity index (χ3n) is 3.49. The van der Waals surface area contributed by atoms with Crippen molar-refractivity contribution >= 4 is 22.7 Å². The summed E-state index contributed by atoms with van der Waals surface area (Å²) >= 11 is 0. The number of rotatable bonds is 4. The fourth-order valence-corrected chi connectivity index (χ4v) is 2.43. The minimum Gasteiger partial charge on any atom is -0.507 e. The number of methoxy groups -OCH3 is 1. The Morgan fingerprint density at radius 2 is 2.00 bits per heavy atom. The van der Waals surface area contributed by atoms with Crippen LogP contribution in [0.1, 0.15) is 46.7 Å². The fraction of sp³-hybridized carbons (Fsp3) is 0.312. The second-order valence-electron chi connectivity index (χ2n) is 5.02. The SMILES string of the molecule is CCCc1c(O)c(C(C)=O)cc2c(=O)cc(C(=O)OC)[nH]c12. The number of phenolic OH excluding ortho intramolecular Hbond substituents is 1. The number of hydrogen-bond donors (Lipinski definition) is 2. The zero-order valence-corrected chi connectivity index (χ0v) is 12.6. The molecule has 1 heterocycles. The molecule has 0 fully saturated rings. The van der Waals surface area contributed by atoms with E-state index in [9.17, 15) is 19.5 Å². The molecule has 0 spiro atoms. The molecule has 1 aromatic carbocycles. The maximum Gasteiger partial charge on any atom is 0.354 e. The maximum absolute atomic E-state index is 12.2. The molecule has 116 valence electrons. The Kier molecular flexibility index (Phi) is 4.30. The van der Waals surface area contributed by atoms with Gasteiger partial charge in [0.05, 0.1) is 18.2 Å². The quantitative estimate of drug-likeness (QED) is 0.666. The molecule has 0 aliphatic heterocycles. The van der Waals surface area contributed by atoms with Crippen molar-refractivity contribution < 1.29 is 19.4 Å². The highest BCUT2D eigenvalue weighted by Crippen LogP contribution is 2.30. The molecule has 0 aliphatic carbocycles. The number of carbonyl (C=O) groups is 2. The second-order valence-corrected chi connectivity index (χ2v) is 5.02. The number of benzene rings is 1. The van der Waals surface area contributed by atoms with E-state index >= 15 is 0 Å². The third kappa shape index (κ3) is 2.59. The smallest absolute Gasteiger partial charge is 0.354 e. The first-order valence-corrected chi connectivity index (χ1v) is 6.91. The number of nitrogens with one attached hydrogen (secondary N) is 1. The zero-order chi connectivity index (χ0) is 16.4. The van der Waals surface area contributed by atoms with Crippen molar-refractivity contribution in [2.45, 2.75) is 26.7 Å². The molecule has 0 atom stereocenters. The molecule has 0 radical (unpaired) electrons. The summed E-state index contributed by atoms with van der Waals surface area (Å²) in [5, 5.41) is 10.6. The lowest BCUT2D eigenvalue weighted by molar-refractivity contribution is 0.0594. The summed E-state index contributed by atoms with van der Waals surface area (Å²) in [6.45, 7) is 3.24. The number of hydrogen-bond acceptors (Lipinski definition) is 5. The fourth-order valence-electron chi connectivity index (χ4n) is 2.43. The van der Waals surface area contributed by atoms with Gasteiger partial charge in [-0.3, -0.25) is 9.59 Å². The molecule has 2 aromatic rings. The second kappa shape index (κ2) is 6.01. The molecule has 22 heavy (non-hydrogen) atoms. The minimum atomic E-state index is -0.670. The lowest BCUT2D eigenvalue weighted by Crippen LogP contribution is -2.13. The molecule has 1 aromatic heterocycles. The molecule has 2 rings (SSSR count). The highest BCUT2D eigenvalue weighted by molar-refractivity contribution is 6.02. The number of aromatic amines is 1. The van der Waals surface area contributed by atoms with Crippen LogP contribution in [-0.2, 0) is 11.2 Å². The molecule has 6 heteroatoms. The highest BCUT2D eigenvalue weighted by Gasteiger charge is 2.19. The van der Waals surface area contributed by atoms with E-state index in [1.54, 1.807) is 0 Å². The summed E-state index contributed by atoms with van der Waals surface area (Å²) in [7, 11) is 1.22. The van der Waals surface area contributed by atoms with Crippen LogP contribution >= 0.6 is 0 Å². The van der Waals surface area contributed by atoms with Gasteiger partial charge >= 0.3 is 5.97 Å². The number of H-pyrrole nitrogens is 1. The summed E-state index contributed by atoms with van der Waals surface area (Å²) < 4.78 is 4.61. The highest BCUT2D eigenvalue weighted by atomic mass is 16.5. The predicted octanol–water partition coefficient (Wildman–Crippen LogP) is 2.18. The van der Waals surface area contributed by atoms with Crippen molar-refractivity contribution in [3.05, 3.63) is 39.2 Å².